The molecule has 0 atom stereocenters. The van der Waals surface area contributed by atoms with Crippen molar-refractivity contribution in [1.29, 1.82) is 0 Å². The van der Waals surface area contributed by atoms with Gasteiger partial charge in [-0.25, -0.2) is 4.79 Å². The number of methoxy groups -OCH3 is 1. The molecule has 0 amide bonds. The van der Waals surface area contributed by atoms with Crippen LogP contribution in [0.25, 0.3) is 0 Å². The third kappa shape index (κ3) is 1.54. The van der Waals surface area contributed by atoms with Crippen LogP contribution in [0, 0.1) is 0 Å². The lowest BCUT2D eigenvalue weighted by atomic mass is 10.4. The highest BCUT2D eigenvalue weighted by Crippen LogP contribution is 2.04. The van der Waals surface area contributed by atoms with Crippen LogP contribution in [0.5, 0.6) is 0 Å². The molecule has 11 heavy (non-hydrogen) atoms. The van der Waals surface area contributed by atoms with Crippen molar-refractivity contribution in [2.24, 2.45) is 0 Å². The highest BCUT2D eigenvalue weighted by molar-refractivity contribution is 6.15. The Kier molecular flexibility index (Phi) is 2.54. The van der Waals surface area contributed by atoms with Gasteiger partial charge in [0.05, 0.1) is 13.1 Å². The Hall–Kier alpha value is -0.960. The van der Waals surface area contributed by atoms with Gasteiger partial charge in [0.25, 0.3) is 0 Å². The summed E-state index contributed by atoms with van der Waals surface area (Å²) in [5.41, 5.74) is 0.475. The van der Waals surface area contributed by atoms with Crippen molar-refractivity contribution in [3.63, 3.8) is 0 Å². The molecule has 0 spiro atoms. The van der Waals surface area contributed by atoms with E-state index in [2.05, 4.69) is 4.74 Å². The lowest BCUT2D eigenvalue weighted by molar-refractivity contribution is 0.0589. The number of carbonyl (C=O) groups excluding carboxylic acids is 1. The van der Waals surface area contributed by atoms with Gasteiger partial charge in [0.2, 0.25) is 0 Å². The first-order valence-electron chi connectivity index (χ1n) is 3.09. The Morgan fingerprint density at radius 1 is 1.82 bits per heavy atom. The molecule has 0 bridgehead atoms. The number of hydrogen-bond acceptors (Lipinski definition) is 2. The topological polar surface area (TPSA) is 31.2 Å². The maximum absolute atomic E-state index is 11.0. The summed E-state index contributed by atoms with van der Waals surface area (Å²) >= 11 is 5.53. The van der Waals surface area contributed by atoms with Crippen LogP contribution in [-0.4, -0.2) is 17.6 Å². The van der Waals surface area contributed by atoms with Gasteiger partial charge in [0.1, 0.15) is 5.69 Å². The zero-order valence-corrected chi connectivity index (χ0v) is 6.84. The second-order valence-electron chi connectivity index (χ2n) is 1.97. The molecular formula is C7H8ClNO2. The normalized spacial score (nSPS) is 9.64. The summed E-state index contributed by atoms with van der Waals surface area (Å²) in [6.45, 7) is 0. The molecule has 0 aliphatic rings. The van der Waals surface area contributed by atoms with Crippen molar-refractivity contribution in [1.82, 2.24) is 4.57 Å². The van der Waals surface area contributed by atoms with E-state index in [1.807, 2.05) is 0 Å². The average molecular weight is 174 g/mol. The monoisotopic (exact) mass is 173 g/mol. The lowest BCUT2D eigenvalue weighted by Gasteiger charge is -2.01. The van der Waals surface area contributed by atoms with Crippen LogP contribution >= 0.6 is 11.6 Å². The summed E-state index contributed by atoms with van der Waals surface area (Å²) in [6, 6.07) is 3.67. The minimum atomic E-state index is -0.365. The van der Waals surface area contributed by atoms with Crippen molar-refractivity contribution in [2.75, 3.05) is 7.11 Å². The summed E-state index contributed by atoms with van der Waals surface area (Å²) in [5.74, 6) is -0.365. The summed E-state index contributed by atoms with van der Waals surface area (Å²) in [4.78, 5) is 11.0. The molecule has 0 fully saturated rings. The number of hydrogen-bond donors (Lipinski definition) is 0. The van der Waals surface area contributed by atoms with E-state index in [0.29, 0.717) is 5.69 Å². The molecule has 3 nitrogen and oxygen atoms in total. The zero-order chi connectivity index (χ0) is 8.27. The molecule has 4 heteroatoms. The first-order chi connectivity index (χ1) is 5.29. The van der Waals surface area contributed by atoms with E-state index in [1.54, 1.807) is 22.9 Å². The van der Waals surface area contributed by atoms with Crippen molar-refractivity contribution in [3.05, 3.63) is 24.0 Å². The van der Waals surface area contributed by atoms with E-state index in [0.717, 1.165) is 0 Å². The zero-order valence-electron chi connectivity index (χ0n) is 6.08. The Morgan fingerprint density at radius 2 is 2.55 bits per heavy atom. The molecule has 0 unspecified atom stereocenters. The maximum Gasteiger partial charge on any atom is 0.354 e. The smallest absolute Gasteiger partial charge is 0.354 e. The number of nitrogens with zero attached hydrogens (tertiary/aromatic N) is 1. The quantitative estimate of drug-likeness (QED) is 0.501. The molecule has 0 saturated heterocycles. The highest BCUT2D eigenvalue weighted by atomic mass is 35.5. The lowest BCUT2D eigenvalue weighted by Crippen LogP contribution is -2.07. The first-order valence-corrected chi connectivity index (χ1v) is 3.62. The summed E-state index contributed by atoms with van der Waals surface area (Å²) in [6.07, 6.45) is 1.72. The molecule has 1 aromatic heterocycles. The Labute approximate surface area is 69.5 Å². The van der Waals surface area contributed by atoms with E-state index < -0.39 is 0 Å². The van der Waals surface area contributed by atoms with Crippen LogP contribution in [0.2, 0.25) is 0 Å². The number of alkyl halides is 1. The molecule has 0 radical (unpaired) electrons. The van der Waals surface area contributed by atoms with E-state index in [1.165, 1.54) is 7.11 Å². The fraction of sp³-hybridized carbons (Fsp3) is 0.286. The average Bonchev–Trinajstić information content (AvgIpc) is 2.50. The van der Waals surface area contributed by atoms with E-state index >= 15 is 0 Å². The van der Waals surface area contributed by atoms with Gasteiger partial charge in [-0.15, -0.1) is 11.6 Å². The van der Waals surface area contributed by atoms with Gasteiger partial charge in [-0.2, -0.15) is 0 Å². The van der Waals surface area contributed by atoms with Gasteiger partial charge in [-0.1, -0.05) is 0 Å². The largest absolute Gasteiger partial charge is 0.464 e. The Morgan fingerprint density at radius 3 is 3.09 bits per heavy atom. The standard InChI is InChI=1S/C7H8ClNO2/c1-11-7(10)6-3-2-4-9(6)5-8/h2-4H,5H2,1H3. The summed E-state index contributed by atoms with van der Waals surface area (Å²) in [7, 11) is 1.34. The van der Waals surface area contributed by atoms with E-state index in [4.69, 9.17) is 11.6 Å². The Balaban J connectivity index is 2.92. The second kappa shape index (κ2) is 3.44. The number of esters is 1. The third-order valence-corrected chi connectivity index (χ3v) is 1.61. The number of rotatable bonds is 2. The molecule has 1 rings (SSSR count). The number of ether oxygens (including phenoxy) is 1. The van der Waals surface area contributed by atoms with Crippen molar-refractivity contribution >= 4 is 17.6 Å². The van der Waals surface area contributed by atoms with Crippen LogP contribution in [0.4, 0.5) is 0 Å². The van der Waals surface area contributed by atoms with Crippen LogP contribution in [0.15, 0.2) is 18.3 Å². The van der Waals surface area contributed by atoms with Gasteiger partial charge in [0.15, 0.2) is 0 Å². The summed E-state index contributed by atoms with van der Waals surface area (Å²) < 4.78 is 6.12. The minimum Gasteiger partial charge on any atom is -0.464 e. The van der Waals surface area contributed by atoms with Crippen LogP contribution in [-0.2, 0) is 10.7 Å². The predicted octanol–water partition coefficient (Wildman–Crippen LogP) is 1.47. The van der Waals surface area contributed by atoms with Gasteiger partial charge >= 0.3 is 5.97 Å². The van der Waals surface area contributed by atoms with Crippen molar-refractivity contribution in [2.45, 2.75) is 6.00 Å². The van der Waals surface area contributed by atoms with Gasteiger partial charge in [0, 0.05) is 6.20 Å². The number of halogens is 1. The first kappa shape index (κ1) is 8.14. The van der Waals surface area contributed by atoms with Crippen LogP contribution < -0.4 is 0 Å². The number of aromatic nitrogens is 1. The van der Waals surface area contributed by atoms with E-state index in [9.17, 15) is 4.79 Å². The number of carbonyl (C=O) groups is 1. The molecule has 0 N–H and O–H groups in total. The SMILES string of the molecule is COC(=O)c1cccn1CCl. The molecule has 60 valence electrons. The molecule has 0 aliphatic carbocycles. The van der Waals surface area contributed by atoms with Gasteiger partial charge in [-0.05, 0) is 12.1 Å². The minimum absolute atomic E-state index is 0.261. The molecular weight excluding hydrogens is 166 g/mol. The molecule has 0 aromatic carbocycles. The Bertz CT molecular complexity index is 257. The summed E-state index contributed by atoms with van der Waals surface area (Å²) in [5, 5.41) is 0. The van der Waals surface area contributed by atoms with Crippen LogP contribution in [0.1, 0.15) is 10.5 Å². The predicted molar refractivity (Wildman–Crippen MR) is 41.6 cm³/mol. The third-order valence-electron chi connectivity index (χ3n) is 1.35. The van der Waals surface area contributed by atoms with Crippen molar-refractivity contribution in [3.8, 4) is 0 Å². The molecule has 1 heterocycles. The fourth-order valence-electron chi connectivity index (χ4n) is 0.808. The van der Waals surface area contributed by atoms with Gasteiger partial charge < -0.3 is 9.30 Å². The maximum atomic E-state index is 11.0. The van der Waals surface area contributed by atoms with E-state index in [-0.39, 0.29) is 12.0 Å². The fourth-order valence-corrected chi connectivity index (χ4v) is 1.02. The molecule has 1 aromatic rings. The molecule has 0 aliphatic heterocycles. The second-order valence-corrected chi connectivity index (χ2v) is 2.21. The highest BCUT2D eigenvalue weighted by Gasteiger charge is 2.08. The van der Waals surface area contributed by atoms with Crippen molar-refractivity contribution < 1.29 is 9.53 Å². The molecule has 0 saturated carbocycles. The van der Waals surface area contributed by atoms with Crippen LogP contribution in [0.3, 0.4) is 0 Å². The van der Waals surface area contributed by atoms with Gasteiger partial charge in [-0.3, -0.25) is 0 Å².